The first kappa shape index (κ1) is 15.8. The summed E-state index contributed by atoms with van der Waals surface area (Å²) in [6.07, 6.45) is 1.02. The van der Waals surface area contributed by atoms with Gasteiger partial charge in [-0.05, 0) is 24.8 Å². The molecule has 0 saturated heterocycles. The van der Waals surface area contributed by atoms with Crippen LogP contribution in [0.15, 0.2) is 17.5 Å². The van der Waals surface area contributed by atoms with Crippen molar-refractivity contribution in [2.45, 2.75) is 46.1 Å². The van der Waals surface area contributed by atoms with Crippen LogP contribution in [0.4, 0.5) is 11.6 Å². The Hall–Kier alpha value is -1.62. The van der Waals surface area contributed by atoms with E-state index in [1.165, 1.54) is 4.88 Å². The third-order valence-corrected chi connectivity index (χ3v) is 4.51. The van der Waals surface area contributed by atoms with E-state index in [9.17, 15) is 0 Å². The molecule has 0 spiro atoms. The molecule has 2 N–H and O–H groups in total. The van der Waals surface area contributed by atoms with Gasteiger partial charge in [0.25, 0.3) is 0 Å². The number of nitrogens with zero attached hydrogens (tertiary/aromatic N) is 2. The Balaban J connectivity index is 2.35. The van der Waals surface area contributed by atoms with Crippen molar-refractivity contribution in [2.24, 2.45) is 0 Å². The summed E-state index contributed by atoms with van der Waals surface area (Å²) in [5, 5.41) is 8.87. The summed E-state index contributed by atoms with van der Waals surface area (Å²) in [5.74, 6) is 3.00. The van der Waals surface area contributed by atoms with Crippen LogP contribution in [0.1, 0.15) is 55.4 Å². The molecule has 4 nitrogen and oxygen atoms in total. The van der Waals surface area contributed by atoms with E-state index in [1.807, 2.05) is 7.05 Å². The Morgan fingerprint density at radius 2 is 1.95 bits per heavy atom. The predicted molar refractivity (Wildman–Crippen MR) is 91.4 cm³/mol. The fourth-order valence-corrected chi connectivity index (χ4v) is 3.07. The van der Waals surface area contributed by atoms with Gasteiger partial charge >= 0.3 is 0 Å². The van der Waals surface area contributed by atoms with Crippen molar-refractivity contribution in [1.82, 2.24) is 9.97 Å². The first-order valence-corrected chi connectivity index (χ1v) is 8.31. The molecule has 0 amide bonds. The summed E-state index contributed by atoms with van der Waals surface area (Å²) in [5.41, 5.74) is 1.07. The lowest BCUT2D eigenvalue weighted by Crippen LogP contribution is -2.14. The maximum atomic E-state index is 4.72. The van der Waals surface area contributed by atoms with Crippen LogP contribution in [-0.4, -0.2) is 17.0 Å². The molecule has 0 aliphatic heterocycles. The SMILES string of the molecule is CCC(Nc1nc(C(C)C)nc(NC)c1C)c1cccs1. The van der Waals surface area contributed by atoms with Gasteiger partial charge in [0.05, 0.1) is 6.04 Å². The van der Waals surface area contributed by atoms with Crippen molar-refractivity contribution in [2.75, 3.05) is 17.7 Å². The first-order chi connectivity index (χ1) is 10.1. The second kappa shape index (κ2) is 6.89. The van der Waals surface area contributed by atoms with Gasteiger partial charge in [-0.1, -0.05) is 26.8 Å². The Bertz CT molecular complexity index is 578. The topological polar surface area (TPSA) is 49.8 Å². The minimum Gasteiger partial charge on any atom is -0.373 e. The van der Waals surface area contributed by atoms with Gasteiger partial charge in [0.1, 0.15) is 17.5 Å². The number of rotatable bonds is 6. The van der Waals surface area contributed by atoms with E-state index >= 15 is 0 Å². The Labute approximate surface area is 131 Å². The van der Waals surface area contributed by atoms with Gasteiger partial charge in [-0.25, -0.2) is 9.97 Å². The smallest absolute Gasteiger partial charge is 0.135 e. The summed E-state index contributed by atoms with van der Waals surface area (Å²) in [6, 6.07) is 4.56. The summed E-state index contributed by atoms with van der Waals surface area (Å²) < 4.78 is 0. The van der Waals surface area contributed by atoms with Crippen LogP contribution in [0.2, 0.25) is 0 Å². The molecule has 1 atom stereocenters. The molecule has 5 heteroatoms. The van der Waals surface area contributed by atoms with Gasteiger partial charge < -0.3 is 10.6 Å². The molecule has 0 radical (unpaired) electrons. The summed E-state index contributed by atoms with van der Waals surface area (Å²) in [6.45, 7) is 8.48. The molecule has 0 aliphatic carbocycles. The highest BCUT2D eigenvalue weighted by Gasteiger charge is 2.16. The minimum atomic E-state index is 0.295. The van der Waals surface area contributed by atoms with Crippen molar-refractivity contribution in [1.29, 1.82) is 0 Å². The number of hydrogen-bond acceptors (Lipinski definition) is 5. The van der Waals surface area contributed by atoms with Crippen LogP contribution in [0.3, 0.4) is 0 Å². The van der Waals surface area contributed by atoms with Gasteiger partial charge in [0, 0.05) is 23.4 Å². The molecule has 0 saturated carbocycles. The average molecular weight is 304 g/mol. The van der Waals surface area contributed by atoms with E-state index in [4.69, 9.17) is 4.98 Å². The highest BCUT2D eigenvalue weighted by Crippen LogP contribution is 2.29. The van der Waals surface area contributed by atoms with E-state index in [0.29, 0.717) is 12.0 Å². The molecule has 2 aromatic rings. The zero-order valence-electron chi connectivity index (χ0n) is 13.4. The lowest BCUT2D eigenvalue weighted by atomic mass is 10.1. The predicted octanol–water partition coefficient (Wildman–Crippen LogP) is 4.57. The molecular weight excluding hydrogens is 280 g/mol. The molecule has 0 fully saturated rings. The molecule has 21 heavy (non-hydrogen) atoms. The quantitative estimate of drug-likeness (QED) is 0.820. The van der Waals surface area contributed by atoms with E-state index in [1.54, 1.807) is 11.3 Å². The second-order valence-electron chi connectivity index (χ2n) is 5.43. The molecule has 114 valence electrons. The van der Waals surface area contributed by atoms with Crippen LogP contribution in [0.5, 0.6) is 0 Å². The highest BCUT2D eigenvalue weighted by molar-refractivity contribution is 7.10. The number of hydrogen-bond donors (Lipinski definition) is 2. The molecule has 2 aromatic heterocycles. The summed E-state index contributed by atoms with van der Waals surface area (Å²) >= 11 is 1.78. The lowest BCUT2D eigenvalue weighted by Gasteiger charge is -2.20. The molecule has 0 bridgehead atoms. The maximum absolute atomic E-state index is 4.72. The van der Waals surface area contributed by atoms with Crippen molar-refractivity contribution >= 4 is 23.0 Å². The van der Waals surface area contributed by atoms with E-state index in [-0.39, 0.29) is 0 Å². The maximum Gasteiger partial charge on any atom is 0.135 e. The van der Waals surface area contributed by atoms with Crippen molar-refractivity contribution < 1.29 is 0 Å². The molecule has 1 unspecified atom stereocenters. The summed E-state index contributed by atoms with van der Waals surface area (Å²) in [7, 11) is 1.90. The zero-order valence-corrected chi connectivity index (χ0v) is 14.2. The molecular formula is C16H24N4S. The lowest BCUT2D eigenvalue weighted by molar-refractivity contribution is 0.738. The van der Waals surface area contributed by atoms with Crippen molar-refractivity contribution in [3.8, 4) is 0 Å². The zero-order chi connectivity index (χ0) is 15.4. The van der Waals surface area contributed by atoms with Crippen LogP contribution < -0.4 is 10.6 Å². The molecule has 0 aliphatic rings. The Kier molecular flexibility index (Phi) is 5.17. The van der Waals surface area contributed by atoms with Crippen LogP contribution in [0, 0.1) is 6.92 Å². The molecule has 0 aromatic carbocycles. The molecule has 2 heterocycles. The van der Waals surface area contributed by atoms with Crippen molar-refractivity contribution in [3.05, 3.63) is 33.8 Å². The number of nitrogens with one attached hydrogen (secondary N) is 2. The van der Waals surface area contributed by atoms with Gasteiger partial charge in [0.2, 0.25) is 0 Å². The third kappa shape index (κ3) is 3.53. The van der Waals surface area contributed by atoms with E-state index in [2.05, 4.69) is 60.8 Å². The summed E-state index contributed by atoms with van der Waals surface area (Å²) in [4.78, 5) is 10.6. The minimum absolute atomic E-state index is 0.295. The fourth-order valence-electron chi connectivity index (χ4n) is 2.21. The van der Waals surface area contributed by atoms with E-state index in [0.717, 1.165) is 29.4 Å². The Morgan fingerprint density at radius 1 is 1.24 bits per heavy atom. The number of anilines is 2. The monoisotopic (exact) mass is 304 g/mol. The van der Waals surface area contributed by atoms with Gasteiger partial charge in [-0.2, -0.15) is 0 Å². The van der Waals surface area contributed by atoms with Crippen LogP contribution >= 0.6 is 11.3 Å². The van der Waals surface area contributed by atoms with Crippen LogP contribution in [-0.2, 0) is 0 Å². The Morgan fingerprint density at radius 3 is 2.48 bits per heavy atom. The van der Waals surface area contributed by atoms with Gasteiger partial charge in [0.15, 0.2) is 0 Å². The average Bonchev–Trinajstić information content (AvgIpc) is 3.00. The third-order valence-electron chi connectivity index (χ3n) is 3.52. The fraction of sp³-hybridized carbons (Fsp3) is 0.500. The van der Waals surface area contributed by atoms with Crippen LogP contribution in [0.25, 0.3) is 0 Å². The first-order valence-electron chi connectivity index (χ1n) is 7.43. The highest BCUT2D eigenvalue weighted by atomic mass is 32.1. The number of thiophene rings is 1. The molecule has 2 rings (SSSR count). The number of aromatic nitrogens is 2. The largest absolute Gasteiger partial charge is 0.373 e. The van der Waals surface area contributed by atoms with E-state index < -0.39 is 0 Å². The second-order valence-corrected chi connectivity index (χ2v) is 6.41. The van der Waals surface area contributed by atoms with Crippen molar-refractivity contribution in [3.63, 3.8) is 0 Å². The standard InChI is InChI=1S/C16H24N4S/c1-6-12(13-8-7-9-21-13)18-16-11(4)15(17-5)19-14(20-16)10(2)3/h7-10,12H,6H2,1-5H3,(H2,17,18,19,20). The normalized spacial score (nSPS) is 12.5. The van der Waals surface area contributed by atoms with Gasteiger partial charge in [-0.15, -0.1) is 11.3 Å². The van der Waals surface area contributed by atoms with Gasteiger partial charge in [-0.3, -0.25) is 0 Å².